The molecule has 0 amide bonds. The Morgan fingerprint density at radius 1 is 1.53 bits per heavy atom. The first kappa shape index (κ1) is 13.9. The molecule has 1 rings (SSSR count). The SMILES string of the molecule is C#CCCC(NCC)c1cc(Cl)ccc1OC. The minimum absolute atomic E-state index is 0.185. The second-order valence-electron chi connectivity index (χ2n) is 3.74. The van der Waals surface area contributed by atoms with E-state index in [1.807, 2.05) is 18.2 Å². The van der Waals surface area contributed by atoms with Crippen molar-refractivity contribution < 1.29 is 4.74 Å². The highest BCUT2D eigenvalue weighted by Gasteiger charge is 2.15. The molecule has 0 bridgehead atoms. The summed E-state index contributed by atoms with van der Waals surface area (Å²) in [4.78, 5) is 0. The molecule has 0 heterocycles. The van der Waals surface area contributed by atoms with Gasteiger partial charge in [0.2, 0.25) is 0 Å². The number of benzene rings is 1. The lowest BCUT2D eigenvalue weighted by molar-refractivity contribution is 0.397. The molecule has 0 saturated heterocycles. The largest absolute Gasteiger partial charge is 0.496 e. The van der Waals surface area contributed by atoms with Crippen LogP contribution in [0, 0.1) is 12.3 Å². The van der Waals surface area contributed by atoms with E-state index in [2.05, 4.69) is 18.2 Å². The van der Waals surface area contributed by atoms with E-state index in [1.165, 1.54) is 0 Å². The maximum Gasteiger partial charge on any atom is 0.123 e. The Bertz CT molecular complexity index is 398. The van der Waals surface area contributed by atoms with Gasteiger partial charge < -0.3 is 10.1 Å². The summed E-state index contributed by atoms with van der Waals surface area (Å²) >= 11 is 6.03. The van der Waals surface area contributed by atoms with E-state index in [0.29, 0.717) is 5.02 Å². The van der Waals surface area contributed by atoms with Crippen LogP contribution in [0.15, 0.2) is 18.2 Å². The highest BCUT2D eigenvalue weighted by Crippen LogP contribution is 2.30. The Labute approximate surface area is 108 Å². The van der Waals surface area contributed by atoms with Crippen LogP contribution in [0.25, 0.3) is 0 Å². The van der Waals surface area contributed by atoms with Crippen molar-refractivity contribution in [2.75, 3.05) is 13.7 Å². The van der Waals surface area contributed by atoms with Crippen LogP contribution in [-0.4, -0.2) is 13.7 Å². The summed E-state index contributed by atoms with van der Waals surface area (Å²) in [7, 11) is 1.66. The van der Waals surface area contributed by atoms with Crippen molar-refractivity contribution in [2.45, 2.75) is 25.8 Å². The van der Waals surface area contributed by atoms with E-state index in [1.54, 1.807) is 7.11 Å². The first-order valence-corrected chi connectivity index (χ1v) is 6.11. The van der Waals surface area contributed by atoms with Crippen LogP contribution in [0.3, 0.4) is 0 Å². The average Bonchev–Trinajstić information content (AvgIpc) is 2.34. The molecule has 1 aromatic rings. The summed E-state index contributed by atoms with van der Waals surface area (Å²) < 4.78 is 5.36. The number of ether oxygens (including phenoxy) is 1. The molecule has 0 aliphatic rings. The first-order valence-electron chi connectivity index (χ1n) is 5.73. The Hall–Kier alpha value is -1.17. The quantitative estimate of drug-likeness (QED) is 0.783. The summed E-state index contributed by atoms with van der Waals surface area (Å²) in [5.41, 5.74) is 1.07. The van der Waals surface area contributed by atoms with Gasteiger partial charge in [0.1, 0.15) is 5.75 Å². The van der Waals surface area contributed by atoms with E-state index in [0.717, 1.165) is 30.7 Å². The van der Waals surface area contributed by atoms with Gasteiger partial charge in [0.25, 0.3) is 0 Å². The molecule has 3 heteroatoms. The molecule has 0 aliphatic carbocycles. The van der Waals surface area contributed by atoms with Crippen molar-refractivity contribution >= 4 is 11.6 Å². The van der Waals surface area contributed by atoms with Crippen LogP contribution >= 0.6 is 11.6 Å². The molecular weight excluding hydrogens is 234 g/mol. The topological polar surface area (TPSA) is 21.3 Å². The van der Waals surface area contributed by atoms with Crippen LogP contribution in [0.5, 0.6) is 5.75 Å². The van der Waals surface area contributed by atoms with E-state index in [4.69, 9.17) is 22.8 Å². The molecule has 0 spiro atoms. The summed E-state index contributed by atoms with van der Waals surface area (Å²) in [5, 5.41) is 4.11. The summed E-state index contributed by atoms with van der Waals surface area (Å²) in [6, 6.07) is 5.83. The maximum atomic E-state index is 6.03. The third-order valence-electron chi connectivity index (χ3n) is 2.60. The van der Waals surface area contributed by atoms with Gasteiger partial charge in [-0.15, -0.1) is 12.3 Å². The lowest BCUT2D eigenvalue weighted by atomic mass is 10.0. The van der Waals surface area contributed by atoms with Crippen molar-refractivity contribution in [3.05, 3.63) is 28.8 Å². The Kier molecular flexibility index (Phi) is 5.90. The molecule has 1 unspecified atom stereocenters. The molecule has 0 aliphatic heterocycles. The zero-order valence-corrected chi connectivity index (χ0v) is 11.1. The van der Waals surface area contributed by atoms with E-state index >= 15 is 0 Å². The molecule has 0 saturated carbocycles. The van der Waals surface area contributed by atoms with Crippen molar-refractivity contribution in [2.24, 2.45) is 0 Å². The number of hydrogen-bond donors (Lipinski definition) is 1. The van der Waals surface area contributed by atoms with Crippen LogP contribution in [0.4, 0.5) is 0 Å². The van der Waals surface area contributed by atoms with Gasteiger partial charge in [-0.3, -0.25) is 0 Å². The van der Waals surface area contributed by atoms with Crippen LogP contribution in [0.1, 0.15) is 31.4 Å². The van der Waals surface area contributed by atoms with Crippen molar-refractivity contribution in [3.8, 4) is 18.1 Å². The number of nitrogens with one attached hydrogen (secondary N) is 1. The average molecular weight is 252 g/mol. The number of hydrogen-bond acceptors (Lipinski definition) is 2. The normalized spacial score (nSPS) is 11.9. The minimum atomic E-state index is 0.185. The second-order valence-corrected chi connectivity index (χ2v) is 4.18. The number of terminal acetylenes is 1. The van der Waals surface area contributed by atoms with E-state index in [-0.39, 0.29) is 6.04 Å². The highest BCUT2D eigenvalue weighted by atomic mass is 35.5. The zero-order valence-electron chi connectivity index (χ0n) is 10.3. The highest BCUT2D eigenvalue weighted by molar-refractivity contribution is 6.30. The fourth-order valence-corrected chi connectivity index (χ4v) is 2.00. The fraction of sp³-hybridized carbons (Fsp3) is 0.429. The van der Waals surface area contributed by atoms with Crippen LogP contribution in [-0.2, 0) is 0 Å². The monoisotopic (exact) mass is 251 g/mol. The zero-order chi connectivity index (χ0) is 12.7. The number of halogens is 1. The molecular formula is C14H18ClNO. The fourth-order valence-electron chi connectivity index (χ4n) is 1.82. The predicted octanol–water partition coefficient (Wildman–Crippen LogP) is 3.41. The van der Waals surface area contributed by atoms with Crippen molar-refractivity contribution in [1.82, 2.24) is 5.32 Å². The van der Waals surface area contributed by atoms with Crippen molar-refractivity contribution in [3.63, 3.8) is 0 Å². The Morgan fingerprint density at radius 2 is 2.29 bits per heavy atom. The summed E-state index contributed by atoms with van der Waals surface area (Å²) in [6.45, 7) is 2.95. The lowest BCUT2D eigenvalue weighted by Crippen LogP contribution is -2.21. The lowest BCUT2D eigenvalue weighted by Gasteiger charge is -2.20. The molecule has 92 valence electrons. The molecule has 1 aromatic carbocycles. The van der Waals surface area contributed by atoms with Crippen LogP contribution in [0.2, 0.25) is 5.02 Å². The Balaban J connectivity index is 2.98. The van der Waals surface area contributed by atoms with Gasteiger partial charge in [-0.1, -0.05) is 18.5 Å². The van der Waals surface area contributed by atoms with Gasteiger partial charge in [0.15, 0.2) is 0 Å². The second kappa shape index (κ2) is 7.21. The van der Waals surface area contributed by atoms with E-state index in [9.17, 15) is 0 Å². The van der Waals surface area contributed by atoms with Crippen LogP contribution < -0.4 is 10.1 Å². The van der Waals surface area contributed by atoms with Gasteiger partial charge in [0, 0.05) is 23.0 Å². The third-order valence-corrected chi connectivity index (χ3v) is 2.83. The van der Waals surface area contributed by atoms with Gasteiger partial charge in [-0.2, -0.15) is 0 Å². The number of methoxy groups -OCH3 is 1. The van der Waals surface area contributed by atoms with Gasteiger partial charge in [-0.05, 0) is 31.2 Å². The van der Waals surface area contributed by atoms with Gasteiger partial charge in [-0.25, -0.2) is 0 Å². The Morgan fingerprint density at radius 3 is 2.88 bits per heavy atom. The maximum absolute atomic E-state index is 6.03. The molecule has 1 N–H and O–H groups in total. The predicted molar refractivity (Wildman–Crippen MR) is 72.5 cm³/mol. The standard InChI is InChI=1S/C14H18ClNO/c1-4-6-7-13(16-5-2)12-10-11(15)8-9-14(12)17-3/h1,8-10,13,16H,5-7H2,2-3H3. The van der Waals surface area contributed by atoms with Gasteiger partial charge >= 0.3 is 0 Å². The number of rotatable bonds is 6. The molecule has 2 nitrogen and oxygen atoms in total. The molecule has 17 heavy (non-hydrogen) atoms. The minimum Gasteiger partial charge on any atom is -0.496 e. The molecule has 0 radical (unpaired) electrons. The van der Waals surface area contributed by atoms with Crippen molar-refractivity contribution in [1.29, 1.82) is 0 Å². The first-order chi connectivity index (χ1) is 8.22. The molecule has 0 aromatic heterocycles. The molecule has 0 fully saturated rings. The summed E-state index contributed by atoms with van der Waals surface area (Å²) in [5.74, 6) is 3.51. The smallest absolute Gasteiger partial charge is 0.123 e. The molecule has 1 atom stereocenters. The summed E-state index contributed by atoms with van der Waals surface area (Å²) in [6.07, 6.45) is 6.92. The third kappa shape index (κ3) is 3.96. The van der Waals surface area contributed by atoms with Gasteiger partial charge in [0.05, 0.1) is 7.11 Å². The van der Waals surface area contributed by atoms with E-state index < -0.39 is 0 Å².